The van der Waals surface area contributed by atoms with Gasteiger partial charge in [0.25, 0.3) is 5.91 Å². The molecule has 0 atom stereocenters. The number of carbonyl (C=O) groups excluding carboxylic acids is 1. The van der Waals surface area contributed by atoms with Crippen molar-refractivity contribution < 1.29 is 14.6 Å². The molecule has 6 heteroatoms. The molecule has 3 aromatic carbocycles. The summed E-state index contributed by atoms with van der Waals surface area (Å²) in [5, 5.41) is 14.8. The third-order valence-corrected chi connectivity index (χ3v) is 4.95. The average Bonchev–Trinajstić information content (AvgIpc) is 2.82. The van der Waals surface area contributed by atoms with Crippen LogP contribution >= 0.6 is 0 Å². The van der Waals surface area contributed by atoms with Crippen molar-refractivity contribution in [2.45, 2.75) is 6.92 Å². The zero-order valence-corrected chi connectivity index (χ0v) is 17.2. The fourth-order valence-corrected chi connectivity index (χ4v) is 3.28. The first kappa shape index (κ1) is 20.1. The highest BCUT2D eigenvalue weighted by Gasteiger charge is 2.14. The summed E-state index contributed by atoms with van der Waals surface area (Å²) in [5.74, 6) is 0.0478. The Kier molecular flexibility index (Phi) is 5.62. The zero-order chi connectivity index (χ0) is 21.8. The van der Waals surface area contributed by atoms with Gasteiger partial charge < -0.3 is 9.84 Å². The number of ether oxygens (including phenoxy) is 1. The molecule has 0 spiro atoms. The second-order valence-electron chi connectivity index (χ2n) is 6.96. The maximum atomic E-state index is 13.0. The number of aromatic nitrogens is 1. The number of methoxy groups -OCH3 is 1. The summed E-state index contributed by atoms with van der Waals surface area (Å²) in [6.07, 6.45) is 0. The van der Waals surface area contributed by atoms with Gasteiger partial charge in [0.05, 0.1) is 29.6 Å². The molecular formula is C25H21N3O3. The molecule has 1 heterocycles. The highest BCUT2D eigenvalue weighted by Crippen LogP contribution is 2.27. The molecule has 2 N–H and O–H groups in total. The van der Waals surface area contributed by atoms with Crippen molar-refractivity contribution in [2.75, 3.05) is 7.11 Å². The zero-order valence-electron chi connectivity index (χ0n) is 17.2. The van der Waals surface area contributed by atoms with Crippen LogP contribution in [-0.4, -0.2) is 28.8 Å². The number of aromatic hydroxyl groups is 1. The summed E-state index contributed by atoms with van der Waals surface area (Å²) < 4.78 is 5.13. The first-order valence-corrected chi connectivity index (χ1v) is 9.74. The number of rotatable bonds is 5. The molecule has 0 bridgehead atoms. The SMILES string of the molecule is COc1cc(C(C)=NNC(=O)c2cc(-c3ccccc3)nc3ccccc23)ccc1O. The Labute approximate surface area is 179 Å². The van der Waals surface area contributed by atoms with Gasteiger partial charge >= 0.3 is 0 Å². The topological polar surface area (TPSA) is 83.8 Å². The standard InChI is InChI=1S/C25H21N3O3/c1-16(18-12-13-23(29)24(14-18)31-2)27-28-25(30)20-15-22(17-8-4-3-5-9-17)26-21-11-7-6-10-19(20)21/h3-15,29H,1-2H3,(H,28,30). The normalized spacial score (nSPS) is 11.4. The van der Waals surface area contributed by atoms with Gasteiger partial charge in [-0.3, -0.25) is 4.79 Å². The van der Waals surface area contributed by atoms with Crippen molar-refractivity contribution in [1.29, 1.82) is 0 Å². The van der Waals surface area contributed by atoms with Gasteiger partial charge in [-0.15, -0.1) is 0 Å². The molecule has 0 aliphatic rings. The Morgan fingerprint density at radius 1 is 1.00 bits per heavy atom. The lowest BCUT2D eigenvalue weighted by Gasteiger charge is -2.10. The molecule has 4 aromatic rings. The number of pyridine rings is 1. The Hall–Kier alpha value is -4.19. The summed E-state index contributed by atoms with van der Waals surface area (Å²) in [4.78, 5) is 17.7. The minimum Gasteiger partial charge on any atom is -0.504 e. The minimum absolute atomic E-state index is 0.0415. The third kappa shape index (κ3) is 4.23. The fraction of sp³-hybridized carbons (Fsp3) is 0.0800. The van der Waals surface area contributed by atoms with Crippen LogP contribution in [0.25, 0.3) is 22.2 Å². The molecule has 0 saturated heterocycles. The molecule has 154 valence electrons. The van der Waals surface area contributed by atoms with E-state index in [-0.39, 0.29) is 11.7 Å². The molecule has 1 aromatic heterocycles. The van der Waals surface area contributed by atoms with Crippen LogP contribution in [0.2, 0.25) is 0 Å². The van der Waals surface area contributed by atoms with Crippen molar-refractivity contribution in [3.05, 3.63) is 90.0 Å². The predicted molar refractivity (Wildman–Crippen MR) is 122 cm³/mol. The Bertz CT molecular complexity index is 1280. The van der Waals surface area contributed by atoms with Crippen molar-refractivity contribution in [3.63, 3.8) is 0 Å². The summed E-state index contributed by atoms with van der Waals surface area (Å²) in [7, 11) is 1.48. The van der Waals surface area contributed by atoms with E-state index < -0.39 is 0 Å². The Balaban J connectivity index is 1.68. The maximum absolute atomic E-state index is 13.0. The molecule has 0 saturated carbocycles. The van der Waals surface area contributed by atoms with Gasteiger partial charge in [-0.2, -0.15) is 5.10 Å². The third-order valence-electron chi connectivity index (χ3n) is 4.95. The predicted octanol–water partition coefficient (Wildman–Crippen LogP) is 4.77. The number of nitrogens with one attached hydrogen (secondary N) is 1. The van der Waals surface area contributed by atoms with E-state index in [1.807, 2.05) is 54.6 Å². The van der Waals surface area contributed by atoms with Crippen molar-refractivity contribution in [2.24, 2.45) is 5.10 Å². The van der Waals surface area contributed by atoms with Gasteiger partial charge in [-0.05, 0) is 37.3 Å². The molecule has 4 rings (SSSR count). The summed E-state index contributed by atoms with van der Waals surface area (Å²) >= 11 is 0. The number of phenolic OH excluding ortho intramolecular Hbond substituents is 1. The summed E-state index contributed by atoms with van der Waals surface area (Å²) in [5.41, 5.74) is 6.81. The van der Waals surface area contributed by atoms with Gasteiger partial charge in [-0.1, -0.05) is 48.5 Å². The molecule has 0 aliphatic carbocycles. The van der Waals surface area contributed by atoms with Crippen LogP contribution in [0.1, 0.15) is 22.8 Å². The molecule has 0 unspecified atom stereocenters. The van der Waals surface area contributed by atoms with E-state index in [4.69, 9.17) is 9.72 Å². The van der Waals surface area contributed by atoms with E-state index in [1.54, 1.807) is 25.1 Å². The Morgan fingerprint density at radius 3 is 2.52 bits per heavy atom. The van der Waals surface area contributed by atoms with Gasteiger partial charge in [0.15, 0.2) is 11.5 Å². The van der Waals surface area contributed by atoms with E-state index in [9.17, 15) is 9.90 Å². The highest BCUT2D eigenvalue weighted by molar-refractivity contribution is 6.08. The van der Waals surface area contributed by atoms with E-state index in [2.05, 4.69) is 10.5 Å². The largest absolute Gasteiger partial charge is 0.504 e. The average molecular weight is 411 g/mol. The molecule has 1 amide bonds. The number of amides is 1. The smallest absolute Gasteiger partial charge is 0.272 e. The van der Waals surface area contributed by atoms with Crippen LogP contribution in [0, 0.1) is 0 Å². The molecule has 0 fully saturated rings. The first-order valence-electron chi connectivity index (χ1n) is 9.74. The lowest BCUT2D eigenvalue weighted by molar-refractivity contribution is 0.0956. The number of nitrogens with zero attached hydrogens (tertiary/aromatic N) is 2. The van der Waals surface area contributed by atoms with Crippen molar-refractivity contribution in [3.8, 4) is 22.8 Å². The second-order valence-corrected chi connectivity index (χ2v) is 6.96. The van der Waals surface area contributed by atoms with Crippen LogP contribution in [-0.2, 0) is 0 Å². The number of hydrogen-bond acceptors (Lipinski definition) is 5. The van der Waals surface area contributed by atoms with E-state index in [0.717, 1.165) is 22.0 Å². The first-order chi connectivity index (χ1) is 15.1. The second kappa shape index (κ2) is 8.67. The number of phenols is 1. The van der Waals surface area contributed by atoms with Crippen molar-refractivity contribution >= 4 is 22.5 Å². The van der Waals surface area contributed by atoms with Crippen LogP contribution < -0.4 is 10.2 Å². The van der Waals surface area contributed by atoms with E-state index >= 15 is 0 Å². The molecule has 0 radical (unpaired) electrons. The van der Waals surface area contributed by atoms with Crippen LogP contribution in [0.4, 0.5) is 0 Å². The molecule has 31 heavy (non-hydrogen) atoms. The van der Waals surface area contributed by atoms with Gasteiger partial charge in [0, 0.05) is 16.5 Å². The van der Waals surface area contributed by atoms with Gasteiger partial charge in [0.2, 0.25) is 0 Å². The minimum atomic E-state index is -0.333. The summed E-state index contributed by atoms with van der Waals surface area (Å²) in [6, 6.07) is 23.9. The van der Waals surface area contributed by atoms with Crippen LogP contribution in [0.3, 0.4) is 0 Å². The number of hydrazone groups is 1. The van der Waals surface area contributed by atoms with Gasteiger partial charge in [0.1, 0.15) is 0 Å². The fourth-order valence-electron chi connectivity index (χ4n) is 3.28. The lowest BCUT2D eigenvalue weighted by Crippen LogP contribution is -2.20. The van der Waals surface area contributed by atoms with Gasteiger partial charge in [-0.25, -0.2) is 10.4 Å². The van der Waals surface area contributed by atoms with E-state index in [1.165, 1.54) is 13.2 Å². The van der Waals surface area contributed by atoms with Crippen molar-refractivity contribution in [1.82, 2.24) is 10.4 Å². The lowest BCUT2D eigenvalue weighted by atomic mass is 10.0. The number of hydrogen-bond donors (Lipinski definition) is 2. The number of fused-ring (bicyclic) bond motifs is 1. The van der Waals surface area contributed by atoms with E-state index in [0.29, 0.717) is 22.7 Å². The quantitative estimate of drug-likeness (QED) is 0.366. The Morgan fingerprint density at radius 2 is 1.74 bits per heavy atom. The molecule has 0 aliphatic heterocycles. The highest BCUT2D eigenvalue weighted by atomic mass is 16.5. The molecule has 6 nitrogen and oxygen atoms in total. The molecular weight excluding hydrogens is 390 g/mol. The van der Waals surface area contributed by atoms with Crippen LogP contribution in [0.15, 0.2) is 84.0 Å². The maximum Gasteiger partial charge on any atom is 0.272 e. The monoisotopic (exact) mass is 411 g/mol. The number of para-hydroxylation sites is 1. The number of benzene rings is 3. The summed E-state index contributed by atoms with van der Waals surface area (Å²) in [6.45, 7) is 1.77. The van der Waals surface area contributed by atoms with Crippen LogP contribution in [0.5, 0.6) is 11.5 Å². The number of carbonyl (C=O) groups is 1.